The quantitative estimate of drug-likeness (QED) is 0.542. The number of nitrogens with one attached hydrogen (secondary N) is 2. The summed E-state index contributed by atoms with van der Waals surface area (Å²) in [6.07, 6.45) is -1.01. The number of hydrogen-bond acceptors (Lipinski definition) is 6. The van der Waals surface area contributed by atoms with Gasteiger partial charge < -0.3 is 19.8 Å². The minimum absolute atomic E-state index is 0.283. The van der Waals surface area contributed by atoms with E-state index in [9.17, 15) is 14.4 Å². The summed E-state index contributed by atoms with van der Waals surface area (Å²) in [6.45, 7) is 7.36. The molecule has 1 heterocycles. The zero-order chi connectivity index (χ0) is 23.3. The molecule has 2 N–H and O–H groups in total. The molecule has 32 heavy (non-hydrogen) atoms. The number of aromatic nitrogens is 2. The molecule has 0 aliphatic heterocycles. The van der Waals surface area contributed by atoms with Crippen molar-refractivity contribution in [2.45, 2.75) is 33.8 Å². The van der Waals surface area contributed by atoms with Gasteiger partial charge in [0.25, 0.3) is 5.91 Å². The lowest BCUT2D eigenvalue weighted by Crippen LogP contribution is -2.30. The molecule has 2 aromatic carbocycles. The number of aromatic amines is 1. The molecule has 8 nitrogen and oxygen atoms in total. The van der Waals surface area contributed by atoms with Gasteiger partial charge in [-0.25, -0.2) is 14.6 Å². The Morgan fingerprint density at radius 2 is 1.56 bits per heavy atom. The van der Waals surface area contributed by atoms with Gasteiger partial charge in [0.1, 0.15) is 5.82 Å². The monoisotopic (exact) mass is 435 g/mol. The third-order valence-electron chi connectivity index (χ3n) is 4.84. The third kappa shape index (κ3) is 5.40. The van der Waals surface area contributed by atoms with E-state index in [1.807, 2.05) is 13.8 Å². The van der Waals surface area contributed by atoms with Gasteiger partial charge >= 0.3 is 11.9 Å². The largest absolute Gasteiger partial charge is 0.462 e. The fourth-order valence-corrected chi connectivity index (χ4v) is 2.88. The number of H-pyrrole nitrogens is 1. The molecule has 0 radical (unpaired) electrons. The summed E-state index contributed by atoms with van der Waals surface area (Å²) in [5.74, 6) is -0.804. The van der Waals surface area contributed by atoms with Crippen molar-refractivity contribution in [2.24, 2.45) is 0 Å². The lowest BCUT2D eigenvalue weighted by molar-refractivity contribution is -0.123. The topological polar surface area (TPSA) is 110 Å². The van der Waals surface area contributed by atoms with E-state index in [0.717, 1.165) is 22.8 Å². The van der Waals surface area contributed by atoms with E-state index >= 15 is 0 Å². The highest BCUT2D eigenvalue weighted by molar-refractivity contribution is 5.98. The van der Waals surface area contributed by atoms with Crippen LogP contribution in [0.25, 0.3) is 11.4 Å². The Hall–Kier alpha value is -3.94. The fraction of sp³-hybridized carbons (Fsp3) is 0.250. The molecule has 0 aliphatic carbocycles. The molecule has 0 spiro atoms. The minimum Gasteiger partial charge on any atom is -0.462 e. The number of rotatable bonds is 7. The van der Waals surface area contributed by atoms with Gasteiger partial charge in [0.2, 0.25) is 0 Å². The standard InChI is InChI=1S/C24H25N3O5/c1-5-31-23(29)18-10-12-20(13-11-18)27-22(28)16(4)32-24(30)19-8-6-17(7-9-19)21-25-14(2)15(3)26-21/h6-13,16H,5H2,1-4H3,(H,25,26)(H,27,28). The molecular formula is C24H25N3O5. The van der Waals surface area contributed by atoms with Crippen LogP contribution in [-0.4, -0.2) is 40.5 Å². The van der Waals surface area contributed by atoms with Crippen LogP contribution in [0.15, 0.2) is 48.5 Å². The van der Waals surface area contributed by atoms with E-state index in [2.05, 4.69) is 15.3 Å². The van der Waals surface area contributed by atoms with Crippen LogP contribution < -0.4 is 5.32 Å². The summed E-state index contributed by atoms with van der Waals surface area (Å²) >= 11 is 0. The van der Waals surface area contributed by atoms with Crippen molar-refractivity contribution >= 4 is 23.5 Å². The average molecular weight is 435 g/mol. The maximum Gasteiger partial charge on any atom is 0.338 e. The molecule has 3 aromatic rings. The summed E-state index contributed by atoms with van der Waals surface area (Å²) in [5, 5.41) is 2.65. The number of esters is 2. The maximum absolute atomic E-state index is 12.4. The number of carbonyl (C=O) groups is 3. The van der Waals surface area contributed by atoms with E-state index in [1.165, 1.54) is 6.92 Å². The van der Waals surface area contributed by atoms with Crippen LogP contribution in [0.2, 0.25) is 0 Å². The Morgan fingerprint density at radius 3 is 2.12 bits per heavy atom. The number of imidazole rings is 1. The Bertz CT molecular complexity index is 1100. The second kappa shape index (κ2) is 9.91. The number of aryl methyl sites for hydroxylation is 2. The van der Waals surface area contributed by atoms with Crippen molar-refractivity contribution in [3.05, 3.63) is 71.0 Å². The van der Waals surface area contributed by atoms with Gasteiger partial charge in [0.15, 0.2) is 6.10 Å². The van der Waals surface area contributed by atoms with E-state index in [0.29, 0.717) is 16.8 Å². The first kappa shape index (κ1) is 22.7. The summed E-state index contributed by atoms with van der Waals surface area (Å²) < 4.78 is 10.2. The molecule has 3 rings (SSSR count). The van der Waals surface area contributed by atoms with Crippen LogP contribution in [0.5, 0.6) is 0 Å². The van der Waals surface area contributed by atoms with Crippen LogP contribution in [0.4, 0.5) is 5.69 Å². The number of anilines is 1. The molecule has 0 saturated heterocycles. The normalized spacial score (nSPS) is 11.5. The van der Waals surface area contributed by atoms with Crippen molar-refractivity contribution < 1.29 is 23.9 Å². The number of benzene rings is 2. The summed E-state index contributed by atoms with van der Waals surface area (Å²) in [4.78, 5) is 44.1. The van der Waals surface area contributed by atoms with Crippen LogP contribution in [0.3, 0.4) is 0 Å². The van der Waals surface area contributed by atoms with Crippen LogP contribution in [-0.2, 0) is 14.3 Å². The molecular weight excluding hydrogens is 410 g/mol. The zero-order valence-corrected chi connectivity index (χ0v) is 18.4. The highest BCUT2D eigenvalue weighted by Crippen LogP contribution is 2.19. The fourth-order valence-electron chi connectivity index (χ4n) is 2.88. The highest BCUT2D eigenvalue weighted by Gasteiger charge is 2.19. The van der Waals surface area contributed by atoms with Gasteiger partial charge in [-0.2, -0.15) is 0 Å². The van der Waals surface area contributed by atoms with Crippen molar-refractivity contribution in [1.82, 2.24) is 9.97 Å². The smallest absolute Gasteiger partial charge is 0.338 e. The minimum atomic E-state index is -1.01. The third-order valence-corrected chi connectivity index (χ3v) is 4.84. The predicted molar refractivity (Wildman–Crippen MR) is 119 cm³/mol. The Labute approximate surface area is 186 Å². The number of hydrogen-bond donors (Lipinski definition) is 2. The molecule has 0 aliphatic rings. The van der Waals surface area contributed by atoms with Crippen LogP contribution in [0, 0.1) is 13.8 Å². The first-order chi connectivity index (χ1) is 15.3. The second-order valence-corrected chi connectivity index (χ2v) is 7.21. The van der Waals surface area contributed by atoms with Crippen molar-refractivity contribution in [3.63, 3.8) is 0 Å². The van der Waals surface area contributed by atoms with Crippen molar-refractivity contribution in [2.75, 3.05) is 11.9 Å². The molecule has 1 atom stereocenters. The summed E-state index contributed by atoms with van der Waals surface area (Å²) in [6, 6.07) is 13.0. The van der Waals surface area contributed by atoms with Crippen LogP contribution in [0.1, 0.15) is 46.0 Å². The molecule has 0 saturated carbocycles. The van der Waals surface area contributed by atoms with Crippen molar-refractivity contribution in [3.8, 4) is 11.4 Å². The van der Waals surface area contributed by atoms with E-state index < -0.39 is 23.9 Å². The second-order valence-electron chi connectivity index (χ2n) is 7.21. The number of nitrogens with zero attached hydrogens (tertiary/aromatic N) is 1. The maximum atomic E-state index is 12.4. The zero-order valence-electron chi connectivity index (χ0n) is 18.4. The SMILES string of the molecule is CCOC(=O)c1ccc(NC(=O)C(C)OC(=O)c2ccc(-c3nc(C)c(C)[nH]3)cc2)cc1. The molecule has 1 aromatic heterocycles. The van der Waals surface area contributed by atoms with Gasteiger partial charge in [0, 0.05) is 16.9 Å². The molecule has 166 valence electrons. The average Bonchev–Trinajstić information content (AvgIpc) is 3.12. The Morgan fingerprint density at radius 1 is 0.969 bits per heavy atom. The van der Waals surface area contributed by atoms with Gasteiger partial charge in [-0.1, -0.05) is 12.1 Å². The van der Waals surface area contributed by atoms with E-state index in [4.69, 9.17) is 9.47 Å². The first-order valence-electron chi connectivity index (χ1n) is 10.2. The van der Waals surface area contributed by atoms with Gasteiger partial charge in [-0.05, 0) is 64.1 Å². The summed E-state index contributed by atoms with van der Waals surface area (Å²) in [7, 11) is 0. The van der Waals surface area contributed by atoms with Crippen molar-refractivity contribution in [1.29, 1.82) is 0 Å². The van der Waals surface area contributed by atoms with Gasteiger partial charge in [-0.3, -0.25) is 4.79 Å². The lowest BCUT2D eigenvalue weighted by atomic mass is 10.1. The number of ether oxygens (including phenoxy) is 2. The summed E-state index contributed by atoms with van der Waals surface area (Å²) in [5.41, 5.74) is 3.92. The molecule has 1 unspecified atom stereocenters. The molecule has 0 fully saturated rings. The molecule has 0 bridgehead atoms. The van der Waals surface area contributed by atoms with Gasteiger partial charge in [0.05, 0.1) is 23.4 Å². The Kier molecular flexibility index (Phi) is 7.04. The number of amides is 1. The molecule has 1 amide bonds. The molecule has 8 heteroatoms. The lowest BCUT2D eigenvalue weighted by Gasteiger charge is -2.14. The van der Waals surface area contributed by atoms with E-state index in [-0.39, 0.29) is 6.61 Å². The highest BCUT2D eigenvalue weighted by atomic mass is 16.5. The predicted octanol–water partition coefficient (Wildman–Crippen LogP) is 4.05. The van der Waals surface area contributed by atoms with Gasteiger partial charge in [-0.15, -0.1) is 0 Å². The number of carbonyl (C=O) groups excluding carboxylic acids is 3. The van der Waals surface area contributed by atoms with Crippen LogP contribution >= 0.6 is 0 Å². The first-order valence-corrected chi connectivity index (χ1v) is 10.2. The van der Waals surface area contributed by atoms with E-state index in [1.54, 1.807) is 55.5 Å². The Balaban J connectivity index is 1.57.